The van der Waals surface area contributed by atoms with Crippen LogP contribution in [-0.2, 0) is 35.4 Å². The molecule has 0 radical (unpaired) electrons. The molecule has 1 N–H and O–H groups in total. The van der Waals surface area contributed by atoms with E-state index in [0.717, 1.165) is 0 Å². The lowest BCUT2D eigenvalue weighted by Gasteiger charge is -2.24. The molecular weight excluding hydrogens is 464 g/mol. The molecule has 0 bridgehead atoms. The van der Waals surface area contributed by atoms with E-state index < -0.39 is 27.6 Å². The van der Waals surface area contributed by atoms with Gasteiger partial charge in [-0.3, -0.25) is 9.29 Å². The van der Waals surface area contributed by atoms with E-state index in [0.29, 0.717) is 36.9 Å². The van der Waals surface area contributed by atoms with E-state index in [-0.39, 0.29) is 11.8 Å². The van der Waals surface area contributed by atoms with Crippen molar-refractivity contribution in [2.75, 3.05) is 46.4 Å². The van der Waals surface area contributed by atoms with Gasteiger partial charge in [-0.2, -0.15) is 0 Å². The molecule has 2 heterocycles. The summed E-state index contributed by atoms with van der Waals surface area (Å²) in [4.78, 5) is 8.16. The Bertz CT molecular complexity index is 942. The van der Waals surface area contributed by atoms with Crippen molar-refractivity contribution >= 4 is 27.6 Å². The SMILES string of the molecule is COCCc1nnc(NS(=O)(=O)[C@@H](C)[C@H](OC)c2ncc(Cl)cn2)n1C(CCOC)OC. The van der Waals surface area contributed by atoms with Crippen LogP contribution in [0.25, 0.3) is 0 Å². The number of hydrogen-bond donors (Lipinski definition) is 1. The predicted molar refractivity (Wildman–Crippen MR) is 117 cm³/mol. The molecule has 0 saturated heterocycles. The number of halogens is 1. The molecular formula is C18H29ClN6O6S. The number of nitrogens with one attached hydrogen (secondary N) is 1. The molecule has 0 aliphatic rings. The minimum absolute atomic E-state index is 0.0118. The summed E-state index contributed by atoms with van der Waals surface area (Å²) in [5.41, 5.74) is 0. The highest BCUT2D eigenvalue weighted by molar-refractivity contribution is 7.93. The van der Waals surface area contributed by atoms with Crippen LogP contribution in [0, 0.1) is 0 Å². The number of anilines is 1. The Morgan fingerprint density at radius 3 is 2.28 bits per heavy atom. The molecule has 2 aromatic rings. The second kappa shape index (κ2) is 12.4. The summed E-state index contributed by atoms with van der Waals surface area (Å²) in [5, 5.41) is 7.42. The van der Waals surface area contributed by atoms with Crippen LogP contribution in [0.3, 0.4) is 0 Å². The molecule has 2 aromatic heterocycles. The first-order chi connectivity index (χ1) is 15.3. The molecule has 0 spiro atoms. The summed E-state index contributed by atoms with van der Waals surface area (Å²) in [6, 6.07) is 0. The van der Waals surface area contributed by atoms with Gasteiger partial charge in [0.25, 0.3) is 0 Å². The topological polar surface area (TPSA) is 140 Å². The monoisotopic (exact) mass is 492 g/mol. The third-order valence-electron chi connectivity index (χ3n) is 4.72. The molecule has 14 heteroatoms. The van der Waals surface area contributed by atoms with Gasteiger partial charge < -0.3 is 18.9 Å². The number of rotatable bonds is 14. The van der Waals surface area contributed by atoms with Gasteiger partial charge in [-0.25, -0.2) is 18.4 Å². The smallest absolute Gasteiger partial charge is 0.240 e. The fourth-order valence-electron chi connectivity index (χ4n) is 2.99. The fourth-order valence-corrected chi connectivity index (χ4v) is 4.23. The first kappa shape index (κ1) is 26.4. The second-order valence-electron chi connectivity index (χ2n) is 6.79. The summed E-state index contributed by atoms with van der Waals surface area (Å²) in [6.45, 7) is 2.25. The predicted octanol–water partition coefficient (Wildman–Crippen LogP) is 1.61. The Hall–Kier alpha value is -1.90. The molecule has 1 unspecified atom stereocenters. The molecule has 0 aliphatic carbocycles. The Balaban J connectivity index is 2.35. The van der Waals surface area contributed by atoms with Gasteiger partial charge in [-0.15, -0.1) is 10.2 Å². The zero-order valence-electron chi connectivity index (χ0n) is 18.7. The fraction of sp³-hybridized carbons (Fsp3) is 0.667. The van der Waals surface area contributed by atoms with Gasteiger partial charge in [0.2, 0.25) is 16.0 Å². The molecule has 2 rings (SSSR count). The van der Waals surface area contributed by atoms with Gasteiger partial charge in [0.1, 0.15) is 23.4 Å². The zero-order chi connectivity index (χ0) is 23.7. The third-order valence-corrected chi connectivity index (χ3v) is 6.61. The van der Waals surface area contributed by atoms with Crippen molar-refractivity contribution < 1.29 is 27.4 Å². The normalized spacial score (nSPS) is 14.8. The van der Waals surface area contributed by atoms with Gasteiger partial charge in [-0.1, -0.05) is 11.6 Å². The molecule has 3 atom stereocenters. The van der Waals surface area contributed by atoms with Crippen molar-refractivity contribution in [3.05, 3.63) is 29.1 Å². The highest BCUT2D eigenvalue weighted by atomic mass is 35.5. The largest absolute Gasteiger partial charge is 0.385 e. The summed E-state index contributed by atoms with van der Waals surface area (Å²) >= 11 is 5.83. The van der Waals surface area contributed by atoms with Crippen molar-refractivity contribution in [3.63, 3.8) is 0 Å². The van der Waals surface area contributed by atoms with Crippen molar-refractivity contribution in [2.45, 2.75) is 37.3 Å². The van der Waals surface area contributed by atoms with Gasteiger partial charge in [0.15, 0.2) is 5.82 Å². The summed E-state index contributed by atoms with van der Waals surface area (Å²) in [7, 11) is 2.02. The number of sulfonamides is 1. The highest BCUT2D eigenvalue weighted by Crippen LogP contribution is 2.27. The number of hydrogen-bond acceptors (Lipinski definition) is 10. The second-order valence-corrected chi connectivity index (χ2v) is 9.27. The van der Waals surface area contributed by atoms with Crippen LogP contribution < -0.4 is 4.72 Å². The van der Waals surface area contributed by atoms with E-state index in [1.54, 1.807) is 18.8 Å². The standard InChI is InChI=1S/C18H29ClN6O6S/c1-12(16(31-5)17-20-10-13(19)11-21-17)32(26,27)24-18-23-22-14(6-8-28-2)25(18)15(30-4)7-9-29-3/h10-12,15-16H,6-9H2,1-5H3,(H,23,24)/t12-,15?,16-/m0/s1. The zero-order valence-corrected chi connectivity index (χ0v) is 20.3. The molecule has 32 heavy (non-hydrogen) atoms. The van der Waals surface area contributed by atoms with E-state index in [9.17, 15) is 8.42 Å². The maximum absolute atomic E-state index is 13.2. The molecule has 12 nitrogen and oxygen atoms in total. The number of nitrogens with zero attached hydrogens (tertiary/aromatic N) is 5. The van der Waals surface area contributed by atoms with Crippen LogP contribution in [0.1, 0.15) is 37.3 Å². The van der Waals surface area contributed by atoms with Crippen LogP contribution in [0.4, 0.5) is 5.95 Å². The minimum atomic E-state index is -4.00. The molecule has 0 fully saturated rings. The third kappa shape index (κ3) is 6.56. The molecule has 0 aliphatic heterocycles. The minimum Gasteiger partial charge on any atom is -0.385 e. The van der Waals surface area contributed by atoms with Crippen molar-refractivity contribution in [2.24, 2.45) is 0 Å². The summed E-state index contributed by atoms with van der Waals surface area (Å²) in [5.74, 6) is 0.703. The van der Waals surface area contributed by atoms with Gasteiger partial charge in [-0.05, 0) is 6.92 Å². The maximum atomic E-state index is 13.2. The number of aromatic nitrogens is 5. The van der Waals surface area contributed by atoms with Crippen molar-refractivity contribution in [1.82, 2.24) is 24.7 Å². The van der Waals surface area contributed by atoms with Gasteiger partial charge in [0.05, 0.1) is 18.2 Å². The van der Waals surface area contributed by atoms with Crippen molar-refractivity contribution in [1.29, 1.82) is 0 Å². The van der Waals surface area contributed by atoms with Crippen LogP contribution in [-0.4, -0.2) is 80.1 Å². The number of ether oxygens (including phenoxy) is 4. The van der Waals surface area contributed by atoms with Crippen LogP contribution in [0.5, 0.6) is 0 Å². The first-order valence-electron chi connectivity index (χ1n) is 9.75. The van der Waals surface area contributed by atoms with E-state index in [4.69, 9.17) is 30.5 Å². The Morgan fingerprint density at radius 1 is 1.06 bits per heavy atom. The Morgan fingerprint density at radius 2 is 1.72 bits per heavy atom. The first-order valence-corrected chi connectivity index (χ1v) is 11.7. The van der Waals surface area contributed by atoms with Crippen LogP contribution in [0.2, 0.25) is 5.02 Å². The van der Waals surface area contributed by atoms with E-state index in [2.05, 4.69) is 24.9 Å². The summed E-state index contributed by atoms with van der Waals surface area (Å²) in [6.07, 6.45) is 2.12. The lowest BCUT2D eigenvalue weighted by atomic mass is 10.2. The highest BCUT2D eigenvalue weighted by Gasteiger charge is 2.34. The van der Waals surface area contributed by atoms with Crippen LogP contribution in [0.15, 0.2) is 12.4 Å². The molecule has 180 valence electrons. The lowest BCUT2D eigenvalue weighted by Crippen LogP contribution is -2.34. The maximum Gasteiger partial charge on any atom is 0.240 e. The average molecular weight is 493 g/mol. The Labute approximate surface area is 192 Å². The van der Waals surface area contributed by atoms with Crippen LogP contribution >= 0.6 is 11.6 Å². The van der Waals surface area contributed by atoms with Gasteiger partial charge in [0, 0.05) is 53.7 Å². The average Bonchev–Trinajstić information content (AvgIpc) is 3.16. The molecule has 0 saturated carbocycles. The van der Waals surface area contributed by atoms with E-state index in [1.807, 2.05) is 0 Å². The van der Waals surface area contributed by atoms with Gasteiger partial charge >= 0.3 is 0 Å². The molecule has 0 aromatic carbocycles. The Kier molecular flexibility index (Phi) is 10.2. The van der Waals surface area contributed by atoms with E-state index in [1.165, 1.54) is 33.5 Å². The lowest BCUT2D eigenvalue weighted by molar-refractivity contribution is 0.0154. The van der Waals surface area contributed by atoms with Crippen molar-refractivity contribution in [3.8, 4) is 0 Å². The molecule has 0 amide bonds. The van der Waals surface area contributed by atoms with E-state index >= 15 is 0 Å². The summed E-state index contributed by atoms with van der Waals surface area (Å²) < 4.78 is 51.7. The number of methoxy groups -OCH3 is 4. The quantitative estimate of drug-likeness (QED) is 0.413.